The Balaban J connectivity index is 1.91. The Morgan fingerprint density at radius 3 is 2.88 bits per heavy atom. The highest BCUT2D eigenvalue weighted by molar-refractivity contribution is 4.94. The molecule has 0 radical (unpaired) electrons. The van der Waals surface area contributed by atoms with Gasteiger partial charge in [0.2, 0.25) is 0 Å². The van der Waals surface area contributed by atoms with E-state index in [1.165, 1.54) is 51.5 Å². The fourth-order valence-electron chi connectivity index (χ4n) is 3.78. The second kappa shape index (κ2) is 5.86. The molecule has 2 saturated heterocycles. The summed E-state index contributed by atoms with van der Waals surface area (Å²) in [6.07, 6.45) is 14.4. The van der Waals surface area contributed by atoms with Crippen LogP contribution in [-0.2, 0) is 0 Å². The molecule has 0 aromatic carbocycles. The van der Waals surface area contributed by atoms with Crippen LogP contribution in [0.3, 0.4) is 0 Å². The first kappa shape index (κ1) is 12.2. The molecule has 2 aliphatic heterocycles. The maximum absolute atomic E-state index is 2.85. The largest absolute Gasteiger partial charge is 0.297 e. The molecular weight excluding hydrogens is 194 g/mol. The maximum Gasteiger partial charge on any atom is 0.0127 e. The van der Waals surface area contributed by atoms with E-state index in [2.05, 4.69) is 30.9 Å². The van der Waals surface area contributed by atoms with E-state index >= 15 is 0 Å². The summed E-state index contributed by atoms with van der Waals surface area (Å²) in [6.45, 7) is 5.88. The van der Waals surface area contributed by atoms with Gasteiger partial charge in [-0.25, -0.2) is 0 Å². The lowest BCUT2D eigenvalue weighted by molar-refractivity contribution is 0.0679. The first-order valence-electron chi connectivity index (χ1n) is 7.23. The van der Waals surface area contributed by atoms with Crippen LogP contribution in [0.2, 0.25) is 0 Å². The molecule has 0 amide bonds. The summed E-state index contributed by atoms with van der Waals surface area (Å²) in [5.41, 5.74) is 0. The summed E-state index contributed by atoms with van der Waals surface area (Å²) >= 11 is 0. The first-order valence-corrected chi connectivity index (χ1v) is 7.23. The highest BCUT2D eigenvalue weighted by Crippen LogP contribution is 2.38. The van der Waals surface area contributed by atoms with Crippen LogP contribution in [0.1, 0.15) is 58.8 Å². The molecule has 92 valence electrons. The van der Waals surface area contributed by atoms with Crippen LogP contribution in [0.5, 0.6) is 0 Å². The van der Waals surface area contributed by atoms with E-state index in [1.807, 2.05) is 0 Å². The van der Waals surface area contributed by atoms with Gasteiger partial charge in [-0.05, 0) is 57.9 Å². The van der Waals surface area contributed by atoms with Crippen LogP contribution in [0.4, 0.5) is 0 Å². The molecular formula is C15H27N. The van der Waals surface area contributed by atoms with Crippen molar-refractivity contribution < 1.29 is 0 Å². The van der Waals surface area contributed by atoms with E-state index < -0.39 is 0 Å². The van der Waals surface area contributed by atoms with Crippen LogP contribution >= 0.6 is 0 Å². The van der Waals surface area contributed by atoms with Crippen LogP contribution in [0.15, 0.2) is 12.2 Å². The van der Waals surface area contributed by atoms with Crippen molar-refractivity contribution in [3.8, 4) is 0 Å². The molecule has 0 aliphatic carbocycles. The minimum atomic E-state index is 0.895. The lowest BCUT2D eigenvalue weighted by atomic mass is 9.83. The van der Waals surface area contributed by atoms with Crippen LogP contribution in [0.25, 0.3) is 0 Å². The standard InChI is InChI=1S/C15H27N/c1-3-5-6-8-14-11-10-13(4-2)15-9-7-12-16(14)15/h3,5,13-15H,4,6-12H2,1-2H3/b5-3-. The SMILES string of the molecule is C/C=C\CCC1CCC(CC)C2CCCN12. The highest BCUT2D eigenvalue weighted by atomic mass is 15.2. The van der Waals surface area contributed by atoms with E-state index in [4.69, 9.17) is 0 Å². The minimum Gasteiger partial charge on any atom is -0.297 e. The predicted octanol–water partition coefficient (Wildman–Crippen LogP) is 4.00. The van der Waals surface area contributed by atoms with E-state index in [0.717, 1.165) is 18.0 Å². The van der Waals surface area contributed by atoms with Gasteiger partial charge >= 0.3 is 0 Å². The molecule has 2 heterocycles. The van der Waals surface area contributed by atoms with Crippen molar-refractivity contribution in [3.63, 3.8) is 0 Å². The van der Waals surface area contributed by atoms with Crippen LogP contribution < -0.4 is 0 Å². The summed E-state index contributed by atoms with van der Waals surface area (Å²) in [5.74, 6) is 1.00. The van der Waals surface area contributed by atoms with Gasteiger partial charge in [-0.1, -0.05) is 25.5 Å². The Morgan fingerprint density at radius 2 is 2.12 bits per heavy atom. The number of allylic oxidation sites excluding steroid dienone is 2. The van der Waals surface area contributed by atoms with Crippen molar-refractivity contribution in [1.82, 2.24) is 4.90 Å². The van der Waals surface area contributed by atoms with E-state index in [-0.39, 0.29) is 0 Å². The van der Waals surface area contributed by atoms with Gasteiger partial charge in [0.05, 0.1) is 0 Å². The van der Waals surface area contributed by atoms with E-state index in [1.54, 1.807) is 0 Å². The Hall–Kier alpha value is -0.300. The molecule has 2 fully saturated rings. The van der Waals surface area contributed by atoms with Gasteiger partial charge in [-0.3, -0.25) is 4.90 Å². The quantitative estimate of drug-likeness (QED) is 0.649. The fourth-order valence-corrected chi connectivity index (χ4v) is 3.78. The lowest BCUT2D eigenvalue weighted by Gasteiger charge is -2.42. The van der Waals surface area contributed by atoms with Crippen molar-refractivity contribution >= 4 is 0 Å². The monoisotopic (exact) mass is 221 g/mol. The first-order chi connectivity index (χ1) is 7.86. The zero-order chi connectivity index (χ0) is 11.4. The fraction of sp³-hybridized carbons (Fsp3) is 0.867. The van der Waals surface area contributed by atoms with E-state index in [9.17, 15) is 0 Å². The maximum atomic E-state index is 2.85. The Bertz CT molecular complexity index is 234. The van der Waals surface area contributed by atoms with Crippen molar-refractivity contribution in [2.24, 2.45) is 5.92 Å². The summed E-state index contributed by atoms with van der Waals surface area (Å²) < 4.78 is 0. The van der Waals surface area contributed by atoms with E-state index in [0.29, 0.717) is 0 Å². The molecule has 0 bridgehead atoms. The van der Waals surface area contributed by atoms with Crippen LogP contribution in [-0.4, -0.2) is 23.5 Å². The number of rotatable bonds is 4. The number of piperidine rings is 1. The number of nitrogens with zero attached hydrogens (tertiary/aromatic N) is 1. The molecule has 2 rings (SSSR count). The molecule has 2 aliphatic rings. The van der Waals surface area contributed by atoms with Gasteiger partial charge < -0.3 is 0 Å². The average molecular weight is 221 g/mol. The molecule has 0 aromatic heterocycles. The second-order valence-corrected chi connectivity index (χ2v) is 5.49. The number of hydrogen-bond acceptors (Lipinski definition) is 1. The normalized spacial score (nSPS) is 35.8. The predicted molar refractivity (Wildman–Crippen MR) is 70.6 cm³/mol. The second-order valence-electron chi connectivity index (χ2n) is 5.49. The van der Waals surface area contributed by atoms with Crippen molar-refractivity contribution in [1.29, 1.82) is 0 Å². The van der Waals surface area contributed by atoms with Crippen molar-refractivity contribution in [3.05, 3.63) is 12.2 Å². The zero-order valence-corrected chi connectivity index (χ0v) is 11.0. The van der Waals surface area contributed by atoms with Gasteiger partial charge in [0.1, 0.15) is 0 Å². The Morgan fingerprint density at radius 1 is 1.25 bits per heavy atom. The number of fused-ring (bicyclic) bond motifs is 1. The third kappa shape index (κ3) is 2.51. The van der Waals surface area contributed by atoms with Crippen molar-refractivity contribution in [2.75, 3.05) is 6.54 Å². The average Bonchev–Trinajstić information content (AvgIpc) is 2.79. The zero-order valence-electron chi connectivity index (χ0n) is 11.0. The summed E-state index contributed by atoms with van der Waals surface area (Å²) in [6, 6.07) is 1.83. The third-order valence-electron chi connectivity index (χ3n) is 4.65. The molecule has 0 aromatic rings. The molecule has 3 unspecified atom stereocenters. The van der Waals surface area contributed by atoms with Gasteiger partial charge in [0.15, 0.2) is 0 Å². The van der Waals surface area contributed by atoms with Crippen LogP contribution in [0, 0.1) is 5.92 Å². The Kier molecular flexibility index (Phi) is 4.45. The highest BCUT2D eigenvalue weighted by Gasteiger charge is 2.38. The molecule has 1 heteroatoms. The molecule has 0 spiro atoms. The van der Waals surface area contributed by atoms with Gasteiger partial charge in [-0.2, -0.15) is 0 Å². The van der Waals surface area contributed by atoms with Gasteiger partial charge in [0, 0.05) is 12.1 Å². The summed E-state index contributed by atoms with van der Waals surface area (Å²) in [4.78, 5) is 2.85. The third-order valence-corrected chi connectivity index (χ3v) is 4.65. The Labute approximate surface area is 101 Å². The number of hydrogen-bond donors (Lipinski definition) is 0. The molecule has 16 heavy (non-hydrogen) atoms. The topological polar surface area (TPSA) is 3.24 Å². The summed E-state index contributed by atoms with van der Waals surface area (Å²) in [5, 5.41) is 0. The smallest absolute Gasteiger partial charge is 0.0127 e. The van der Waals surface area contributed by atoms with Gasteiger partial charge in [-0.15, -0.1) is 0 Å². The minimum absolute atomic E-state index is 0.895. The molecule has 1 nitrogen and oxygen atoms in total. The summed E-state index contributed by atoms with van der Waals surface area (Å²) in [7, 11) is 0. The van der Waals surface area contributed by atoms with Gasteiger partial charge in [0.25, 0.3) is 0 Å². The molecule has 0 N–H and O–H groups in total. The van der Waals surface area contributed by atoms with Crippen molar-refractivity contribution in [2.45, 2.75) is 70.9 Å². The molecule has 3 atom stereocenters. The molecule has 0 saturated carbocycles. The lowest BCUT2D eigenvalue weighted by Crippen LogP contribution is -2.47.